The maximum absolute atomic E-state index is 11.5. The Bertz CT molecular complexity index is 369. The largest absolute Gasteiger partial charge is 0.454 e. The van der Waals surface area contributed by atoms with E-state index in [2.05, 4.69) is 14.8 Å². The Hall–Kier alpha value is -1.92. The van der Waals surface area contributed by atoms with Crippen LogP contribution in [-0.4, -0.2) is 43.4 Å². The maximum Gasteiger partial charge on any atom is 0.344 e. The number of rotatable bonds is 6. The van der Waals surface area contributed by atoms with Crippen LogP contribution in [0.3, 0.4) is 0 Å². The molecule has 0 aromatic heterocycles. The summed E-state index contributed by atoms with van der Waals surface area (Å²) in [5.74, 6) is -2.16. The number of hydrogen-bond acceptors (Lipinski definition) is 6. The van der Waals surface area contributed by atoms with Crippen molar-refractivity contribution in [2.45, 2.75) is 27.7 Å². The van der Waals surface area contributed by atoms with Gasteiger partial charge in [0.2, 0.25) is 0 Å². The van der Waals surface area contributed by atoms with Crippen LogP contribution in [0.25, 0.3) is 0 Å². The van der Waals surface area contributed by atoms with E-state index in [0.717, 1.165) is 6.92 Å². The highest BCUT2D eigenvalue weighted by Gasteiger charge is 2.21. The number of carbonyl (C=O) groups excluding carboxylic acids is 4. The highest BCUT2D eigenvalue weighted by Crippen LogP contribution is 2.13. The summed E-state index contributed by atoms with van der Waals surface area (Å²) in [6, 6.07) is 0. The van der Waals surface area contributed by atoms with Crippen molar-refractivity contribution in [1.82, 2.24) is 5.32 Å². The Kier molecular flexibility index (Phi) is 6.74. The molecule has 0 aliphatic rings. The average molecular weight is 273 g/mol. The lowest BCUT2D eigenvalue weighted by Gasteiger charge is -2.16. The van der Waals surface area contributed by atoms with E-state index in [1.54, 1.807) is 20.8 Å². The van der Waals surface area contributed by atoms with Gasteiger partial charge in [-0.15, -0.1) is 0 Å². The second-order valence-electron chi connectivity index (χ2n) is 4.89. The Morgan fingerprint density at radius 1 is 1.00 bits per heavy atom. The van der Waals surface area contributed by atoms with Crippen LogP contribution >= 0.6 is 0 Å². The zero-order valence-corrected chi connectivity index (χ0v) is 11.6. The Morgan fingerprint density at radius 3 is 2.05 bits per heavy atom. The number of ether oxygens (including phenoxy) is 2. The molecule has 108 valence electrons. The normalized spacial score (nSPS) is 10.5. The van der Waals surface area contributed by atoms with E-state index in [9.17, 15) is 19.2 Å². The molecule has 0 rings (SSSR count). The number of hydrogen-bond donors (Lipinski definition) is 1. The van der Waals surface area contributed by atoms with Gasteiger partial charge in [-0.05, 0) is 0 Å². The topological polar surface area (TPSA) is 98.8 Å². The summed E-state index contributed by atoms with van der Waals surface area (Å²) < 4.78 is 8.91. The van der Waals surface area contributed by atoms with Crippen molar-refractivity contribution in [3.8, 4) is 0 Å². The summed E-state index contributed by atoms with van der Waals surface area (Å²) in [5, 5.41) is 2.34. The molecule has 7 nitrogen and oxygen atoms in total. The van der Waals surface area contributed by atoms with Gasteiger partial charge in [0.1, 0.15) is 0 Å². The summed E-state index contributed by atoms with van der Waals surface area (Å²) in [7, 11) is 0. The lowest BCUT2D eigenvalue weighted by Crippen LogP contribution is -2.37. The predicted molar refractivity (Wildman–Crippen MR) is 65.1 cm³/mol. The van der Waals surface area contributed by atoms with E-state index in [4.69, 9.17) is 0 Å². The fourth-order valence-electron chi connectivity index (χ4n) is 0.843. The van der Waals surface area contributed by atoms with Gasteiger partial charge in [0, 0.05) is 12.3 Å². The van der Waals surface area contributed by atoms with Crippen molar-refractivity contribution in [2.75, 3.05) is 19.8 Å². The SMILES string of the molecule is CC(=O)OCC(=O)OCC(=O)NCC(=O)C(C)(C)C. The molecule has 0 saturated carbocycles. The molecule has 0 fully saturated rings. The Balaban J connectivity index is 3.85. The molecule has 0 radical (unpaired) electrons. The van der Waals surface area contributed by atoms with E-state index in [-0.39, 0.29) is 12.3 Å². The maximum atomic E-state index is 11.5. The molecule has 0 saturated heterocycles. The van der Waals surface area contributed by atoms with Crippen molar-refractivity contribution >= 4 is 23.6 Å². The van der Waals surface area contributed by atoms with Gasteiger partial charge in [-0.1, -0.05) is 20.8 Å². The van der Waals surface area contributed by atoms with Crippen molar-refractivity contribution in [1.29, 1.82) is 0 Å². The minimum atomic E-state index is -0.826. The first-order chi connectivity index (χ1) is 8.62. The quantitative estimate of drug-likeness (QED) is 0.674. The van der Waals surface area contributed by atoms with Crippen molar-refractivity contribution < 1.29 is 28.7 Å². The monoisotopic (exact) mass is 273 g/mol. The van der Waals surface area contributed by atoms with Crippen molar-refractivity contribution in [3.05, 3.63) is 0 Å². The molecule has 1 N–H and O–H groups in total. The van der Waals surface area contributed by atoms with Crippen LogP contribution < -0.4 is 5.32 Å². The third-order valence-electron chi connectivity index (χ3n) is 2.04. The highest BCUT2D eigenvalue weighted by molar-refractivity contribution is 5.90. The van der Waals surface area contributed by atoms with Gasteiger partial charge in [0.05, 0.1) is 6.54 Å². The van der Waals surface area contributed by atoms with Gasteiger partial charge >= 0.3 is 11.9 Å². The number of amides is 1. The smallest absolute Gasteiger partial charge is 0.344 e. The summed E-state index contributed by atoms with van der Waals surface area (Å²) >= 11 is 0. The lowest BCUT2D eigenvalue weighted by atomic mass is 9.91. The van der Waals surface area contributed by atoms with Gasteiger partial charge in [-0.2, -0.15) is 0 Å². The third-order valence-corrected chi connectivity index (χ3v) is 2.04. The summed E-state index contributed by atoms with van der Waals surface area (Å²) in [6.07, 6.45) is 0. The third kappa shape index (κ3) is 8.76. The molecule has 0 heterocycles. The Labute approximate surface area is 111 Å². The first-order valence-corrected chi connectivity index (χ1v) is 5.72. The zero-order valence-electron chi connectivity index (χ0n) is 11.6. The molecule has 0 aliphatic heterocycles. The second-order valence-corrected chi connectivity index (χ2v) is 4.89. The molecule has 0 unspecified atom stereocenters. The van der Waals surface area contributed by atoms with E-state index in [1.807, 2.05) is 0 Å². The molecule has 7 heteroatoms. The second kappa shape index (κ2) is 7.50. The Morgan fingerprint density at radius 2 is 1.58 bits per heavy atom. The van der Waals surface area contributed by atoms with Crippen molar-refractivity contribution in [3.63, 3.8) is 0 Å². The first-order valence-electron chi connectivity index (χ1n) is 5.72. The van der Waals surface area contributed by atoms with E-state index in [0.29, 0.717) is 0 Å². The number of carbonyl (C=O) groups is 4. The average Bonchev–Trinajstić information content (AvgIpc) is 2.29. The molecule has 0 aliphatic carbocycles. The summed E-state index contributed by atoms with van der Waals surface area (Å²) in [4.78, 5) is 44.2. The summed E-state index contributed by atoms with van der Waals surface area (Å²) in [5.41, 5.74) is -0.542. The van der Waals surface area contributed by atoms with Crippen molar-refractivity contribution in [2.24, 2.45) is 5.41 Å². The van der Waals surface area contributed by atoms with Crippen LogP contribution in [0.5, 0.6) is 0 Å². The summed E-state index contributed by atoms with van der Waals surface area (Å²) in [6.45, 7) is 5.19. The molecule has 1 amide bonds. The minimum absolute atomic E-state index is 0.121. The van der Waals surface area contributed by atoms with Crippen LogP contribution in [0.2, 0.25) is 0 Å². The van der Waals surface area contributed by atoms with Crippen LogP contribution in [0.15, 0.2) is 0 Å². The number of nitrogens with one attached hydrogen (secondary N) is 1. The highest BCUT2D eigenvalue weighted by atomic mass is 16.6. The molecular weight excluding hydrogens is 254 g/mol. The van der Waals surface area contributed by atoms with Gasteiger partial charge in [-0.25, -0.2) is 4.79 Å². The van der Waals surface area contributed by atoms with Gasteiger partial charge in [0.25, 0.3) is 5.91 Å². The fraction of sp³-hybridized carbons (Fsp3) is 0.667. The minimum Gasteiger partial charge on any atom is -0.454 e. The fourth-order valence-corrected chi connectivity index (χ4v) is 0.843. The van der Waals surface area contributed by atoms with Gasteiger partial charge < -0.3 is 14.8 Å². The lowest BCUT2D eigenvalue weighted by molar-refractivity contribution is -0.159. The number of ketones is 1. The van der Waals surface area contributed by atoms with E-state index >= 15 is 0 Å². The van der Waals surface area contributed by atoms with Gasteiger partial charge in [0.15, 0.2) is 19.0 Å². The predicted octanol–water partition coefficient (Wildman–Crippen LogP) is -0.176. The van der Waals surface area contributed by atoms with Crippen LogP contribution in [-0.2, 0) is 28.7 Å². The molecule has 0 atom stereocenters. The molecule has 0 aromatic rings. The van der Waals surface area contributed by atoms with Crippen LogP contribution in [0.1, 0.15) is 27.7 Å². The van der Waals surface area contributed by atoms with Crippen LogP contribution in [0.4, 0.5) is 0 Å². The standard InChI is InChI=1S/C12H19NO6/c1-8(14)18-7-11(17)19-6-10(16)13-5-9(15)12(2,3)4/h5-7H2,1-4H3,(H,13,16). The molecule has 0 bridgehead atoms. The van der Waals surface area contributed by atoms with E-state index in [1.165, 1.54) is 0 Å². The number of esters is 2. The van der Waals surface area contributed by atoms with Gasteiger partial charge in [-0.3, -0.25) is 14.4 Å². The molecule has 0 spiro atoms. The zero-order chi connectivity index (χ0) is 15.1. The molecular formula is C12H19NO6. The molecule has 0 aromatic carbocycles. The molecule has 19 heavy (non-hydrogen) atoms. The number of Topliss-reactive ketones (excluding diaryl/α,β-unsaturated/α-hetero) is 1. The first kappa shape index (κ1) is 17.1. The van der Waals surface area contributed by atoms with Crippen LogP contribution in [0, 0.1) is 5.41 Å². The van der Waals surface area contributed by atoms with E-state index < -0.39 is 36.5 Å².